The van der Waals surface area contributed by atoms with Crippen LogP contribution in [0, 0.1) is 19.7 Å². The van der Waals surface area contributed by atoms with E-state index in [1.165, 1.54) is 30.3 Å². The molecule has 5 rings (SSSR count). The van der Waals surface area contributed by atoms with Crippen molar-refractivity contribution in [2.24, 2.45) is 7.05 Å². The third-order valence-electron chi connectivity index (χ3n) is 7.62. The van der Waals surface area contributed by atoms with Crippen LogP contribution in [0.5, 0.6) is 0 Å². The number of benzene rings is 3. The Hall–Kier alpha value is -4.77. The first kappa shape index (κ1) is 30.7. The van der Waals surface area contributed by atoms with E-state index in [2.05, 4.69) is 20.6 Å². The molecule has 0 saturated heterocycles. The molecular formula is C33H34FN5O4S. The van der Waals surface area contributed by atoms with E-state index in [-0.39, 0.29) is 28.6 Å². The van der Waals surface area contributed by atoms with E-state index in [9.17, 15) is 22.4 Å². The molecule has 1 atom stereocenters. The van der Waals surface area contributed by atoms with Gasteiger partial charge in [0.1, 0.15) is 5.82 Å². The van der Waals surface area contributed by atoms with Gasteiger partial charge in [0.15, 0.2) is 9.84 Å². The third-order valence-corrected chi connectivity index (χ3v) is 9.07. The van der Waals surface area contributed by atoms with E-state index >= 15 is 0 Å². The number of nitrogens with zero attached hydrogens (tertiary/aromatic N) is 2. The van der Waals surface area contributed by atoms with Crippen LogP contribution in [0.4, 0.5) is 16.0 Å². The average Bonchev–Trinajstić information content (AvgIpc) is 3.30. The van der Waals surface area contributed by atoms with Gasteiger partial charge in [-0.05, 0) is 73.2 Å². The fourth-order valence-corrected chi connectivity index (χ4v) is 6.45. The first-order valence-corrected chi connectivity index (χ1v) is 15.8. The number of amides is 1. The summed E-state index contributed by atoms with van der Waals surface area (Å²) in [6.07, 6.45) is 2.77. The number of carbonyl (C=O) groups excluding carboxylic acids is 1. The first-order valence-electron chi connectivity index (χ1n) is 14.3. The molecule has 1 amide bonds. The Kier molecular flexibility index (Phi) is 8.68. The van der Waals surface area contributed by atoms with Gasteiger partial charge in [0.05, 0.1) is 27.7 Å². The first-order chi connectivity index (χ1) is 21.0. The summed E-state index contributed by atoms with van der Waals surface area (Å²) in [4.78, 5) is 34.4. The molecule has 3 N–H and O–H groups in total. The van der Waals surface area contributed by atoms with E-state index in [1.807, 2.05) is 6.92 Å². The molecule has 0 aliphatic carbocycles. The smallest absolute Gasteiger partial charge is 0.258 e. The van der Waals surface area contributed by atoms with Crippen LogP contribution in [0.3, 0.4) is 0 Å². The van der Waals surface area contributed by atoms with Crippen molar-refractivity contribution in [2.75, 3.05) is 5.32 Å². The number of aromatic nitrogens is 3. The molecular weight excluding hydrogens is 581 g/mol. The number of nitrogens with one attached hydrogen (secondary N) is 3. The lowest BCUT2D eigenvalue weighted by Crippen LogP contribution is -2.35. The lowest BCUT2D eigenvalue weighted by Gasteiger charge is -2.16. The third kappa shape index (κ3) is 6.28. The molecule has 11 heteroatoms. The molecule has 9 nitrogen and oxygen atoms in total. The van der Waals surface area contributed by atoms with Crippen LogP contribution < -0.4 is 16.2 Å². The second kappa shape index (κ2) is 12.5. The normalized spacial score (nSPS) is 12.7. The molecule has 2 heterocycles. The van der Waals surface area contributed by atoms with Crippen LogP contribution in [-0.4, -0.2) is 34.9 Å². The van der Waals surface area contributed by atoms with E-state index in [4.69, 9.17) is 0 Å². The number of carbonyl (C=O) groups is 1. The summed E-state index contributed by atoms with van der Waals surface area (Å²) in [5, 5.41) is 8.33. The molecule has 0 aliphatic rings. The summed E-state index contributed by atoms with van der Waals surface area (Å²) in [7, 11) is -1.87. The number of aromatic amines is 1. The monoisotopic (exact) mass is 615 g/mol. The number of halogens is 1. The van der Waals surface area contributed by atoms with Crippen molar-refractivity contribution in [1.82, 2.24) is 19.9 Å². The number of hydrogen-bond donors (Lipinski definition) is 3. The van der Waals surface area contributed by atoms with E-state index in [0.717, 1.165) is 11.8 Å². The molecule has 44 heavy (non-hydrogen) atoms. The average molecular weight is 616 g/mol. The lowest BCUT2D eigenvalue weighted by atomic mass is 10.00. The molecule has 0 radical (unpaired) electrons. The molecule has 0 spiro atoms. The van der Waals surface area contributed by atoms with E-state index < -0.39 is 15.9 Å². The molecule has 0 saturated carbocycles. The standard InChI is InChI=1S/C33H34FN5O4S/c1-5-9-23(16-17-44(42,43)24-10-7-6-8-11-24)36-29(40)19-26-21(3)35-32(41)30-25(26)13-15-28-31(30)39(4)33(38-28)37-27-14-12-22(34)18-20(27)2/h6-8,10-18,23H,5,9,19H2,1-4H3,(H,35,41)(H,36,40)(H,37,38)/t23-/m0/s1. The van der Waals surface area contributed by atoms with Crippen molar-refractivity contribution < 1.29 is 17.6 Å². The summed E-state index contributed by atoms with van der Waals surface area (Å²) in [6, 6.07) is 15.6. The predicted molar refractivity (Wildman–Crippen MR) is 171 cm³/mol. The van der Waals surface area contributed by atoms with Gasteiger partial charge >= 0.3 is 0 Å². The van der Waals surface area contributed by atoms with Gasteiger partial charge in [-0.2, -0.15) is 0 Å². The Balaban J connectivity index is 1.45. The number of anilines is 2. The molecule has 228 valence electrons. The number of hydrogen-bond acceptors (Lipinski definition) is 6. The number of aryl methyl sites for hydroxylation is 3. The maximum absolute atomic E-state index is 13.6. The van der Waals surface area contributed by atoms with Crippen molar-refractivity contribution in [3.8, 4) is 0 Å². The number of sulfone groups is 1. The van der Waals surface area contributed by atoms with Crippen LogP contribution in [0.1, 0.15) is 36.6 Å². The van der Waals surface area contributed by atoms with Gasteiger partial charge in [0.25, 0.3) is 5.56 Å². The zero-order chi connectivity index (χ0) is 31.6. The molecule has 0 bridgehead atoms. The Morgan fingerprint density at radius 2 is 1.86 bits per heavy atom. The minimum absolute atomic E-state index is 0.0260. The van der Waals surface area contributed by atoms with Gasteiger partial charge in [0.2, 0.25) is 11.9 Å². The molecule has 0 aliphatic heterocycles. The Bertz CT molecular complexity index is 2070. The number of imidazole rings is 1. The van der Waals surface area contributed by atoms with Crippen molar-refractivity contribution in [1.29, 1.82) is 0 Å². The van der Waals surface area contributed by atoms with Crippen molar-refractivity contribution >= 4 is 49.2 Å². The van der Waals surface area contributed by atoms with Crippen molar-refractivity contribution in [3.05, 3.63) is 105 Å². The minimum Gasteiger partial charge on any atom is -0.350 e. The van der Waals surface area contributed by atoms with Crippen molar-refractivity contribution in [2.45, 2.75) is 51.0 Å². The Morgan fingerprint density at radius 3 is 2.57 bits per heavy atom. The largest absolute Gasteiger partial charge is 0.350 e. The van der Waals surface area contributed by atoms with E-state index in [1.54, 1.807) is 61.9 Å². The SMILES string of the molecule is CCC[C@@H](C=CS(=O)(=O)c1ccccc1)NC(=O)Cc1c(C)[nH]c(=O)c2c1ccc1nc(Nc3ccc(F)cc3C)n(C)c12. The lowest BCUT2D eigenvalue weighted by molar-refractivity contribution is -0.120. The zero-order valence-electron chi connectivity index (χ0n) is 24.9. The van der Waals surface area contributed by atoms with Gasteiger partial charge in [-0.25, -0.2) is 17.8 Å². The topological polar surface area (TPSA) is 126 Å². The highest BCUT2D eigenvalue weighted by atomic mass is 32.2. The summed E-state index contributed by atoms with van der Waals surface area (Å²) in [5.41, 5.74) is 3.47. The van der Waals surface area contributed by atoms with Crippen molar-refractivity contribution in [3.63, 3.8) is 0 Å². The number of rotatable bonds is 10. The molecule has 2 aromatic heterocycles. The molecule has 3 aromatic carbocycles. The van der Waals surface area contributed by atoms with Crippen LogP contribution >= 0.6 is 0 Å². The molecule has 5 aromatic rings. The summed E-state index contributed by atoms with van der Waals surface area (Å²) >= 11 is 0. The highest BCUT2D eigenvalue weighted by Gasteiger charge is 2.20. The van der Waals surface area contributed by atoms with E-state index in [0.29, 0.717) is 56.7 Å². The maximum Gasteiger partial charge on any atom is 0.258 e. The minimum atomic E-state index is -3.66. The van der Waals surface area contributed by atoms with Gasteiger partial charge in [-0.3, -0.25) is 9.59 Å². The number of pyridine rings is 1. The molecule has 0 unspecified atom stereocenters. The highest BCUT2D eigenvalue weighted by Crippen LogP contribution is 2.30. The van der Waals surface area contributed by atoms with Gasteiger partial charge in [-0.1, -0.05) is 43.7 Å². The zero-order valence-corrected chi connectivity index (χ0v) is 25.8. The second-order valence-corrected chi connectivity index (χ2v) is 12.7. The summed E-state index contributed by atoms with van der Waals surface area (Å²) < 4.78 is 40.9. The molecule has 0 fully saturated rings. The highest BCUT2D eigenvalue weighted by molar-refractivity contribution is 7.94. The number of H-pyrrole nitrogens is 1. The van der Waals surface area contributed by atoms with Crippen LogP contribution in [-0.2, 0) is 28.1 Å². The van der Waals surface area contributed by atoms with Crippen LogP contribution in [0.15, 0.2) is 81.8 Å². The van der Waals surface area contributed by atoms with Crippen LogP contribution in [0.25, 0.3) is 21.8 Å². The Labute approximate surface area is 254 Å². The summed E-state index contributed by atoms with van der Waals surface area (Å²) in [6.45, 7) is 5.49. The summed E-state index contributed by atoms with van der Waals surface area (Å²) in [5.74, 6) is -0.168. The second-order valence-electron chi connectivity index (χ2n) is 10.8. The van der Waals surface area contributed by atoms with Gasteiger partial charge in [-0.15, -0.1) is 0 Å². The van der Waals surface area contributed by atoms with Crippen LogP contribution in [0.2, 0.25) is 0 Å². The Morgan fingerprint density at radius 1 is 1.11 bits per heavy atom. The fraction of sp³-hybridized carbons (Fsp3) is 0.242. The predicted octanol–water partition coefficient (Wildman–Crippen LogP) is 5.73. The van der Waals surface area contributed by atoms with Gasteiger partial charge < -0.3 is 20.2 Å². The maximum atomic E-state index is 13.6. The number of fused-ring (bicyclic) bond motifs is 3. The quantitative estimate of drug-likeness (QED) is 0.184. The van der Waals surface area contributed by atoms with Gasteiger partial charge in [0, 0.05) is 29.9 Å². The fourth-order valence-electron chi connectivity index (χ4n) is 5.36.